The summed E-state index contributed by atoms with van der Waals surface area (Å²) in [6, 6.07) is 0. The molecule has 0 spiro atoms. The molecule has 9 N–H and O–H groups in total. The summed E-state index contributed by atoms with van der Waals surface area (Å²) >= 11 is 0. The second-order valence-electron chi connectivity index (χ2n) is 7.01. The van der Waals surface area contributed by atoms with E-state index in [9.17, 15) is 35.4 Å². The highest BCUT2D eigenvalue weighted by Crippen LogP contribution is 2.35. The fourth-order valence-corrected chi connectivity index (χ4v) is 3.20. The average Bonchev–Trinajstić information content (AvgIpc) is 3.29. The molecule has 13 heteroatoms. The Morgan fingerprint density at radius 3 is 2.03 bits per heavy atom. The van der Waals surface area contributed by atoms with E-state index >= 15 is 0 Å². The lowest BCUT2D eigenvalue weighted by Gasteiger charge is -2.43. The van der Waals surface area contributed by atoms with Crippen LogP contribution >= 0.6 is 0 Å². The van der Waals surface area contributed by atoms with Crippen LogP contribution in [0.4, 0.5) is 0 Å². The van der Waals surface area contributed by atoms with Crippen molar-refractivity contribution in [2.45, 2.75) is 67.6 Å². The van der Waals surface area contributed by atoms with Crippen LogP contribution in [0.25, 0.3) is 0 Å². The zero-order chi connectivity index (χ0) is 21.8. The largest absolute Gasteiger partial charge is 0.394 e. The summed E-state index contributed by atoms with van der Waals surface area (Å²) in [7, 11) is 0. The number of hydrogen-bond donors (Lipinski definition) is 9. The molecular weight excluding hydrogens is 398 g/mol. The number of rotatable bonds is 5. The zero-order valence-electron chi connectivity index (χ0n) is 15.6. The number of ether oxygens (including phenoxy) is 3. The van der Waals surface area contributed by atoms with Gasteiger partial charge in [0.05, 0.1) is 13.2 Å². The molecule has 3 aliphatic rings. The smallest absolute Gasteiger partial charge is 0.224 e. The number of carbonyl (C=O) groups excluding carboxylic acids is 1. The predicted molar refractivity (Wildman–Crippen MR) is 90.9 cm³/mol. The summed E-state index contributed by atoms with van der Waals surface area (Å²) in [5, 5.41) is 79.3. The summed E-state index contributed by atoms with van der Waals surface area (Å²) in [5.41, 5.74) is 0. The van der Waals surface area contributed by atoms with Crippen LogP contribution in [0, 0.1) is 0 Å². The van der Waals surface area contributed by atoms with Gasteiger partial charge in [-0.3, -0.25) is 4.79 Å². The molecule has 0 bridgehead atoms. The van der Waals surface area contributed by atoms with Crippen LogP contribution < -0.4 is 5.32 Å². The number of nitrogens with one attached hydrogen (secondary N) is 1. The first-order chi connectivity index (χ1) is 13.7. The van der Waals surface area contributed by atoms with E-state index in [4.69, 9.17) is 24.4 Å². The minimum atomic E-state index is -2.22. The molecule has 13 nitrogen and oxygen atoms in total. The van der Waals surface area contributed by atoms with Gasteiger partial charge in [-0.15, -0.1) is 0 Å². The van der Waals surface area contributed by atoms with Gasteiger partial charge in [0.15, 0.2) is 6.29 Å². The van der Waals surface area contributed by atoms with Gasteiger partial charge in [0.25, 0.3) is 0 Å². The van der Waals surface area contributed by atoms with Crippen LogP contribution in [0.1, 0.15) is 12.8 Å². The number of carbonyl (C=O) groups is 1. The molecule has 3 saturated heterocycles. The van der Waals surface area contributed by atoms with Crippen molar-refractivity contribution in [2.24, 2.45) is 0 Å². The molecule has 0 aliphatic carbocycles. The van der Waals surface area contributed by atoms with Gasteiger partial charge in [0, 0.05) is 13.0 Å². The van der Waals surface area contributed by atoms with Gasteiger partial charge < -0.3 is 60.4 Å². The third-order valence-corrected chi connectivity index (χ3v) is 4.97. The van der Waals surface area contributed by atoms with E-state index in [0.29, 0.717) is 0 Å². The first-order valence-corrected chi connectivity index (χ1v) is 9.21. The highest BCUT2D eigenvalue weighted by molar-refractivity contribution is 5.77. The maximum atomic E-state index is 10.1. The Hall–Kier alpha value is -0.970. The lowest BCUT2D eigenvalue weighted by molar-refractivity contribution is -0.383. The van der Waals surface area contributed by atoms with Crippen LogP contribution in [0.3, 0.4) is 0 Å². The van der Waals surface area contributed by atoms with Crippen molar-refractivity contribution < 1.29 is 59.9 Å². The van der Waals surface area contributed by atoms with Crippen LogP contribution in [-0.2, 0) is 19.0 Å². The average molecular weight is 427 g/mol. The van der Waals surface area contributed by atoms with Gasteiger partial charge in [-0.25, -0.2) is 0 Å². The highest BCUT2D eigenvalue weighted by Gasteiger charge is 2.58. The van der Waals surface area contributed by atoms with Crippen molar-refractivity contribution in [1.82, 2.24) is 5.32 Å². The van der Waals surface area contributed by atoms with Crippen molar-refractivity contribution in [3.8, 4) is 0 Å². The number of aliphatic hydroxyl groups excluding tert-OH is 8. The van der Waals surface area contributed by atoms with E-state index in [0.717, 1.165) is 19.4 Å². The summed E-state index contributed by atoms with van der Waals surface area (Å²) < 4.78 is 15.4. The summed E-state index contributed by atoms with van der Waals surface area (Å²) in [4.78, 5) is 10.1. The lowest BCUT2D eigenvalue weighted by Crippen LogP contribution is -2.62. The normalized spacial score (nSPS) is 44.9. The predicted octanol–water partition coefficient (Wildman–Crippen LogP) is -5.50. The Labute approximate surface area is 166 Å². The molecule has 29 heavy (non-hydrogen) atoms. The van der Waals surface area contributed by atoms with Gasteiger partial charge >= 0.3 is 0 Å². The Morgan fingerprint density at radius 1 is 0.966 bits per heavy atom. The van der Waals surface area contributed by atoms with E-state index in [2.05, 4.69) is 5.32 Å². The molecule has 0 saturated carbocycles. The molecule has 170 valence electrons. The molecule has 0 aromatic rings. The van der Waals surface area contributed by atoms with Crippen molar-refractivity contribution in [3.05, 3.63) is 0 Å². The maximum absolute atomic E-state index is 10.1. The number of amides is 1. The Kier molecular flexibility index (Phi) is 8.69. The fraction of sp³-hybridized carbons (Fsp3) is 0.938. The Balaban J connectivity index is 0.000000426. The number of hydrogen-bond acceptors (Lipinski definition) is 12. The van der Waals surface area contributed by atoms with Crippen molar-refractivity contribution in [3.63, 3.8) is 0 Å². The van der Waals surface area contributed by atoms with Crippen molar-refractivity contribution in [2.75, 3.05) is 26.4 Å². The molecule has 0 aromatic carbocycles. The van der Waals surface area contributed by atoms with E-state index in [1.54, 1.807) is 0 Å². The molecule has 0 radical (unpaired) electrons. The third kappa shape index (κ3) is 5.21. The van der Waals surface area contributed by atoms with E-state index in [1.807, 2.05) is 0 Å². The first-order valence-electron chi connectivity index (χ1n) is 9.21. The lowest BCUT2D eigenvalue weighted by atomic mass is 9.99. The second kappa shape index (κ2) is 10.4. The molecule has 3 rings (SSSR count). The Bertz CT molecular complexity index is 528. The fourth-order valence-electron chi connectivity index (χ4n) is 3.20. The third-order valence-electron chi connectivity index (χ3n) is 4.97. The van der Waals surface area contributed by atoms with Crippen LogP contribution in [0.5, 0.6) is 0 Å². The van der Waals surface area contributed by atoms with Gasteiger partial charge in [-0.2, -0.15) is 0 Å². The number of aliphatic hydroxyl groups is 8. The van der Waals surface area contributed by atoms with Gasteiger partial charge in [0.2, 0.25) is 11.7 Å². The summed E-state index contributed by atoms with van der Waals surface area (Å²) in [5.74, 6) is -2.02. The van der Waals surface area contributed by atoms with E-state index in [-0.39, 0.29) is 5.91 Å². The molecule has 3 heterocycles. The molecule has 0 aromatic heterocycles. The maximum Gasteiger partial charge on any atom is 0.224 e. The van der Waals surface area contributed by atoms with E-state index in [1.165, 1.54) is 0 Å². The monoisotopic (exact) mass is 427 g/mol. The van der Waals surface area contributed by atoms with Crippen molar-refractivity contribution in [1.29, 1.82) is 0 Å². The topological polar surface area (TPSA) is 219 Å². The Morgan fingerprint density at radius 2 is 1.62 bits per heavy atom. The molecule has 3 fully saturated rings. The minimum absolute atomic E-state index is 0.204. The SMILES string of the molecule is O=C1CCCN1.OC[C@H]1O[C@@](CO)(O[C@H]2O[C@H](CO)[C@@H](O)[C@H](O)[C@H]2O)[C@@H](O)[C@@H]1O. The van der Waals surface area contributed by atoms with Gasteiger partial charge in [0.1, 0.15) is 49.3 Å². The molecule has 3 aliphatic heterocycles. The van der Waals surface area contributed by atoms with Crippen molar-refractivity contribution >= 4 is 5.91 Å². The molecule has 9 atom stereocenters. The van der Waals surface area contributed by atoms with Gasteiger partial charge in [-0.05, 0) is 6.42 Å². The standard InChI is InChI=1S/C12H22O11.C4H7NO/c13-1-4-6(16)8(18)9(19)11(21-4)23-12(3-15)10(20)7(17)5(2-14)22-12;6-4-2-1-3-5-4/h4-11,13-20H,1-3H2;1-3H2,(H,5,6)/t4-,5-,6-,7-,8+,9-,10+,11-,12+;/m1./s1. The van der Waals surface area contributed by atoms with Crippen LogP contribution in [0.15, 0.2) is 0 Å². The summed E-state index contributed by atoms with van der Waals surface area (Å²) in [6.07, 6.45) is -10.9. The second-order valence-corrected chi connectivity index (χ2v) is 7.01. The van der Waals surface area contributed by atoms with Crippen LogP contribution in [0.2, 0.25) is 0 Å². The van der Waals surface area contributed by atoms with E-state index < -0.39 is 74.6 Å². The first kappa shape index (κ1) is 24.3. The molecule has 0 unspecified atom stereocenters. The van der Waals surface area contributed by atoms with Gasteiger partial charge in [-0.1, -0.05) is 0 Å². The molecule has 1 amide bonds. The molecular formula is C16H29NO12. The zero-order valence-corrected chi connectivity index (χ0v) is 15.6. The quantitative estimate of drug-likeness (QED) is 0.201. The minimum Gasteiger partial charge on any atom is -0.394 e. The summed E-state index contributed by atoms with van der Waals surface area (Å²) in [6.45, 7) is -1.43. The van der Waals surface area contributed by atoms with Crippen LogP contribution in [-0.4, -0.2) is 128 Å². The highest BCUT2D eigenvalue weighted by atomic mass is 16.8.